The molecule has 1 aromatic carbocycles. The van der Waals surface area contributed by atoms with E-state index in [0.29, 0.717) is 23.9 Å². The Morgan fingerprint density at radius 1 is 1.32 bits per heavy atom. The quantitative estimate of drug-likeness (QED) is 0.465. The maximum atomic E-state index is 13.7. The Hall–Kier alpha value is -3.36. The Bertz CT molecular complexity index is 1090. The highest BCUT2D eigenvalue weighted by Crippen LogP contribution is 2.36. The summed E-state index contributed by atoms with van der Waals surface area (Å²) in [7, 11) is 0. The molecule has 31 heavy (non-hydrogen) atoms. The summed E-state index contributed by atoms with van der Waals surface area (Å²) in [5.74, 6) is 0. The van der Waals surface area contributed by atoms with E-state index >= 15 is 0 Å². The molecule has 0 radical (unpaired) electrons. The molecule has 1 amide bonds. The number of carbonyl (C=O) groups excluding carboxylic acids is 1. The maximum Gasteiger partial charge on any atom is 0.419 e. The summed E-state index contributed by atoms with van der Waals surface area (Å²) >= 11 is 0. The number of piperidine rings is 1. The highest BCUT2D eigenvalue weighted by Gasteiger charge is 2.39. The highest BCUT2D eigenvalue weighted by molar-refractivity contribution is 6.03. The van der Waals surface area contributed by atoms with Gasteiger partial charge in [-0.25, -0.2) is 0 Å². The average Bonchev–Trinajstić information content (AvgIpc) is 3.18. The molecular formula is C20H20F3N7O. The Balaban J connectivity index is 1.74. The van der Waals surface area contributed by atoms with Crippen molar-refractivity contribution in [2.75, 3.05) is 18.4 Å². The molecule has 0 spiro atoms. The number of amides is 1. The number of nitrogens with one attached hydrogen (secondary N) is 5. The molecule has 3 heterocycles. The first-order chi connectivity index (χ1) is 14.9. The van der Waals surface area contributed by atoms with Gasteiger partial charge in [-0.15, -0.1) is 0 Å². The van der Waals surface area contributed by atoms with Crippen LogP contribution in [0.3, 0.4) is 0 Å². The third kappa shape index (κ3) is 4.12. The molecule has 2 aliphatic rings. The fraction of sp³-hybridized carbons (Fsp3) is 0.350. The van der Waals surface area contributed by atoms with Crippen LogP contribution in [0.15, 0.2) is 28.9 Å². The Morgan fingerprint density at radius 3 is 2.84 bits per heavy atom. The molecule has 0 saturated carbocycles. The zero-order valence-electron chi connectivity index (χ0n) is 16.3. The summed E-state index contributed by atoms with van der Waals surface area (Å²) in [4.78, 5) is 17.7. The number of alkyl halides is 3. The van der Waals surface area contributed by atoms with Gasteiger partial charge in [0.1, 0.15) is 6.07 Å². The molecule has 1 fully saturated rings. The summed E-state index contributed by atoms with van der Waals surface area (Å²) in [5, 5.41) is 21.7. The zero-order valence-corrected chi connectivity index (χ0v) is 16.3. The molecule has 2 atom stereocenters. The minimum absolute atomic E-state index is 0.0854. The van der Waals surface area contributed by atoms with Gasteiger partial charge in [0, 0.05) is 35.9 Å². The van der Waals surface area contributed by atoms with E-state index in [1.165, 1.54) is 12.3 Å². The number of aromatic amines is 1. The van der Waals surface area contributed by atoms with Crippen molar-refractivity contribution in [1.29, 1.82) is 5.26 Å². The molecule has 162 valence electrons. The summed E-state index contributed by atoms with van der Waals surface area (Å²) in [5.41, 5.74) is -0.0277. The molecular weight excluding hydrogens is 411 g/mol. The number of allylic oxidation sites excluding steroid dienone is 1. The number of hydrogen-bond acceptors (Lipinski definition) is 6. The lowest BCUT2D eigenvalue weighted by Crippen LogP contribution is -2.52. The van der Waals surface area contributed by atoms with Crippen molar-refractivity contribution in [3.05, 3.63) is 35.0 Å². The first-order valence-corrected chi connectivity index (χ1v) is 9.75. The molecule has 0 aliphatic carbocycles. The number of carbonyl (C=O) groups is 1. The minimum Gasteiger partial charge on any atom is -0.359 e. The van der Waals surface area contributed by atoms with Gasteiger partial charge in [0.2, 0.25) is 6.41 Å². The van der Waals surface area contributed by atoms with E-state index in [4.69, 9.17) is 0 Å². The standard InChI is InChI=1S/C20H20F3N7O/c21-20(22,23)15-9-27-19(29-11-2-1-5-25-7-11)30-18(15)14-8-26-17-12(14)3-4-16(28-10-31)13(17)6-24/h3-4,8-11,19,25-26,29-30H,1-2,5,7H2,(H,28,31). The Morgan fingerprint density at radius 2 is 2.16 bits per heavy atom. The van der Waals surface area contributed by atoms with E-state index in [0.717, 1.165) is 25.6 Å². The van der Waals surface area contributed by atoms with Crippen LogP contribution in [0.25, 0.3) is 16.6 Å². The fourth-order valence-corrected chi connectivity index (χ4v) is 3.91. The first-order valence-electron chi connectivity index (χ1n) is 9.75. The Kier molecular flexibility index (Phi) is 5.67. The number of anilines is 1. The third-order valence-electron chi connectivity index (χ3n) is 5.35. The van der Waals surface area contributed by atoms with Crippen molar-refractivity contribution < 1.29 is 18.0 Å². The summed E-state index contributed by atoms with van der Waals surface area (Å²) in [6.45, 7) is 1.63. The first kappa shape index (κ1) is 20.9. The third-order valence-corrected chi connectivity index (χ3v) is 5.35. The molecule has 11 heteroatoms. The number of nitrogens with zero attached hydrogens (tertiary/aromatic N) is 2. The van der Waals surface area contributed by atoms with Gasteiger partial charge in [0.25, 0.3) is 0 Å². The number of hydrogen-bond donors (Lipinski definition) is 5. The second-order valence-corrected chi connectivity index (χ2v) is 7.31. The number of aliphatic imine (C=N–C) groups is 1. The molecule has 0 bridgehead atoms. The van der Waals surface area contributed by atoms with E-state index in [1.54, 1.807) is 6.07 Å². The van der Waals surface area contributed by atoms with Crippen LogP contribution in [0, 0.1) is 11.3 Å². The second kappa shape index (κ2) is 8.41. The van der Waals surface area contributed by atoms with Crippen LogP contribution in [0.4, 0.5) is 18.9 Å². The van der Waals surface area contributed by atoms with Crippen molar-refractivity contribution in [3.63, 3.8) is 0 Å². The predicted octanol–water partition coefficient (Wildman–Crippen LogP) is 2.18. The van der Waals surface area contributed by atoms with Gasteiger partial charge in [-0.1, -0.05) is 0 Å². The van der Waals surface area contributed by atoms with Crippen LogP contribution in [0.5, 0.6) is 0 Å². The van der Waals surface area contributed by atoms with Gasteiger partial charge in [-0.3, -0.25) is 15.1 Å². The number of nitriles is 1. The monoisotopic (exact) mass is 431 g/mol. The lowest BCUT2D eigenvalue weighted by Gasteiger charge is -2.31. The van der Waals surface area contributed by atoms with Crippen LogP contribution in [0.2, 0.25) is 0 Å². The summed E-state index contributed by atoms with van der Waals surface area (Å²) < 4.78 is 41.2. The molecule has 1 saturated heterocycles. The Labute approximate surface area is 175 Å². The number of halogens is 3. The average molecular weight is 431 g/mol. The lowest BCUT2D eigenvalue weighted by molar-refractivity contribution is -0.105. The maximum absolute atomic E-state index is 13.7. The van der Waals surface area contributed by atoms with Gasteiger partial charge < -0.3 is 20.9 Å². The van der Waals surface area contributed by atoms with Crippen molar-refractivity contribution in [3.8, 4) is 6.07 Å². The molecule has 2 aliphatic heterocycles. The van der Waals surface area contributed by atoms with E-state index in [2.05, 4.69) is 31.2 Å². The SMILES string of the molecule is N#Cc1c(NC=O)ccc2c(C3=C(C(F)(F)F)C=NC(NC4CCCNC4)N3)c[nH]c12. The van der Waals surface area contributed by atoms with Gasteiger partial charge in [0.15, 0.2) is 6.29 Å². The van der Waals surface area contributed by atoms with E-state index in [-0.39, 0.29) is 28.6 Å². The second-order valence-electron chi connectivity index (χ2n) is 7.31. The number of benzene rings is 1. The van der Waals surface area contributed by atoms with Gasteiger partial charge >= 0.3 is 6.18 Å². The van der Waals surface area contributed by atoms with Crippen molar-refractivity contribution in [2.45, 2.75) is 31.3 Å². The topological polar surface area (TPSA) is 117 Å². The van der Waals surface area contributed by atoms with Crippen LogP contribution in [0.1, 0.15) is 24.0 Å². The van der Waals surface area contributed by atoms with E-state index < -0.39 is 18.0 Å². The molecule has 2 unspecified atom stereocenters. The number of fused-ring (bicyclic) bond motifs is 1. The number of aromatic nitrogens is 1. The largest absolute Gasteiger partial charge is 0.419 e. The number of H-pyrrole nitrogens is 1. The van der Waals surface area contributed by atoms with Gasteiger partial charge in [-0.05, 0) is 31.5 Å². The normalized spacial score (nSPS) is 21.6. The summed E-state index contributed by atoms with van der Waals surface area (Å²) in [6.07, 6.45) is -0.773. The highest BCUT2D eigenvalue weighted by atomic mass is 19.4. The predicted molar refractivity (Wildman–Crippen MR) is 110 cm³/mol. The minimum atomic E-state index is -4.62. The molecule has 8 nitrogen and oxygen atoms in total. The van der Waals surface area contributed by atoms with Gasteiger partial charge in [0.05, 0.1) is 28.0 Å². The number of rotatable bonds is 5. The lowest BCUT2D eigenvalue weighted by atomic mass is 10.0. The smallest absolute Gasteiger partial charge is 0.359 e. The van der Waals surface area contributed by atoms with Crippen molar-refractivity contribution in [1.82, 2.24) is 20.9 Å². The fourth-order valence-electron chi connectivity index (χ4n) is 3.91. The van der Waals surface area contributed by atoms with Crippen LogP contribution in [-0.4, -0.2) is 49.2 Å². The van der Waals surface area contributed by atoms with E-state index in [1.807, 2.05) is 6.07 Å². The zero-order chi connectivity index (χ0) is 22.0. The van der Waals surface area contributed by atoms with Crippen LogP contribution >= 0.6 is 0 Å². The van der Waals surface area contributed by atoms with E-state index in [9.17, 15) is 23.2 Å². The van der Waals surface area contributed by atoms with Crippen molar-refractivity contribution in [2.24, 2.45) is 4.99 Å². The molecule has 4 rings (SSSR count). The summed E-state index contributed by atoms with van der Waals surface area (Å²) in [6, 6.07) is 5.12. The van der Waals surface area contributed by atoms with Crippen molar-refractivity contribution >= 4 is 34.9 Å². The molecule has 5 N–H and O–H groups in total. The molecule has 1 aromatic heterocycles. The molecule has 2 aromatic rings. The van der Waals surface area contributed by atoms with Crippen LogP contribution in [-0.2, 0) is 4.79 Å². The van der Waals surface area contributed by atoms with Gasteiger partial charge in [-0.2, -0.15) is 18.4 Å². The van der Waals surface area contributed by atoms with Crippen LogP contribution < -0.4 is 21.3 Å².